The molecule has 1 atom stereocenters. The van der Waals surface area contributed by atoms with Crippen molar-refractivity contribution in [2.45, 2.75) is 25.3 Å². The molecule has 26 heavy (non-hydrogen) atoms. The molecule has 0 saturated carbocycles. The molecule has 1 aromatic carbocycles. The number of carbonyl (C=O) groups is 1. The molecular weight excluding hydrogens is 336 g/mol. The van der Waals surface area contributed by atoms with Gasteiger partial charge in [-0.05, 0) is 30.4 Å². The summed E-state index contributed by atoms with van der Waals surface area (Å²) in [5, 5.41) is 0. The Balaban J connectivity index is 1.38. The van der Waals surface area contributed by atoms with E-state index in [-0.39, 0.29) is 5.69 Å². The van der Waals surface area contributed by atoms with Crippen molar-refractivity contribution in [1.82, 2.24) is 14.8 Å². The van der Waals surface area contributed by atoms with Crippen molar-refractivity contribution in [3.8, 4) is 0 Å². The van der Waals surface area contributed by atoms with Gasteiger partial charge in [-0.15, -0.1) is 0 Å². The SMILES string of the molecule is O=C(c1ncc(F)cc1F)N1CCN([C@H]2CCc3ccccc3C2)CC1. The van der Waals surface area contributed by atoms with E-state index in [1.165, 1.54) is 11.1 Å². The number of rotatable bonds is 2. The molecular formula is C20H21F2N3O. The lowest BCUT2D eigenvalue weighted by molar-refractivity contribution is 0.0543. The molecule has 0 bridgehead atoms. The number of piperazine rings is 1. The molecule has 136 valence electrons. The molecule has 0 spiro atoms. The maximum absolute atomic E-state index is 13.8. The number of aromatic nitrogens is 1. The molecule has 0 N–H and O–H groups in total. The first-order chi connectivity index (χ1) is 12.6. The van der Waals surface area contributed by atoms with Gasteiger partial charge in [-0.1, -0.05) is 24.3 Å². The van der Waals surface area contributed by atoms with Crippen LogP contribution in [0.15, 0.2) is 36.5 Å². The van der Waals surface area contributed by atoms with E-state index in [9.17, 15) is 13.6 Å². The second-order valence-electron chi connectivity index (χ2n) is 6.98. The Morgan fingerprint density at radius 1 is 1.08 bits per heavy atom. The van der Waals surface area contributed by atoms with E-state index in [2.05, 4.69) is 34.1 Å². The maximum Gasteiger partial charge on any atom is 0.275 e. The third kappa shape index (κ3) is 3.33. The van der Waals surface area contributed by atoms with E-state index < -0.39 is 17.5 Å². The summed E-state index contributed by atoms with van der Waals surface area (Å²) in [5.41, 5.74) is 2.56. The van der Waals surface area contributed by atoms with E-state index in [0.29, 0.717) is 25.2 Å². The highest BCUT2D eigenvalue weighted by Gasteiger charge is 2.30. The quantitative estimate of drug-likeness (QED) is 0.829. The smallest absolute Gasteiger partial charge is 0.275 e. The van der Waals surface area contributed by atoms with Crippen LogP contribution in [-0.4, -0.2) is 52.9 Å². The second-order valence-corrected chi connectivity index (χ2v) is 6.98. The van der Waals surface area contributed by atoms with Gasteiger partial charge in [0.2, 0.25) is 0 Å². The second kappa shape index (κ2) is 7.11. The largest absolute Gasteiger partial charge is 0.335 e. The van der Waals surface area contributed by atoms with Crippen LogP contribution in [0.1, 0.15) is 28.0 Å². The van der Waals surface area contributed by atoms with Crippen LogP contribution in [0.3, 0.4) is 0 Å². The van der Waals surface area contributed by atoms with Crippen LogP contribution >= 0.6 is 0 Å². The molecule has 1 aliphatic carbocycles. The average molecular weight is 357 g/mol. The van der Waals surface area contributed by atoms with Crippen LogP contribution in [0, 0.1) is 11.6 Å². The highest BCUT2D eigenvalue weighted by molar-refractivity contribution is 5.92. The van der Waals surface area contributed by atoms with E-state index >= 15 is 0 Å². The molecule has 1 aromatic heterocycles. The van der Waals surface area contributed by atoms with Crippen LogP contribution in [0.2, 0.25) is 0 Å². The lowest BCUT2D eigenvalue weighted by atomic mass is 9.87. The van der Waals surface area contributed by atoms with Gasteiger partial charge in [-0.25, -0.2) is 13.8 Å². The Labute approximate surface area is 151 Å². The fraction of sp³-hybridized carbons (Fsp3) is 0.400. The zero-order valence-corrected chi connectivity index (χ0v) is 14.5. The molecule has 4 nitrogen and oxygen atoms in total. The number of carbonyl (C=O) groups excluding carboxylic acids is 1. The molecule has 1 aliphatic heterocycles. The Morgan fingerprint density at radius 2 is 1.81 bits per heavy atom. The summed E-state index contributed by atoms with van der Waals surface area (Å²) < 4.78 is 26.8. The summed E-state index contributed by atoms with van der Waals surface area (Å²) in [6.45, 7) is 2.60. The highest BCUT2D eigenvalue weighted by Crippen LogP contribution is 2.25. The van der Waals surface area contributed by atoms with Crippen molar-refractivity contribution in [3.63, 3.8) is 0 Å². The summed E-state index contributed by atoms with van der Waals surface area (Å²) in [6, 6.07) is 9.77. The molecule has 2 heterocycles. The normalized spacial score (nSPS) is 20.7. The van der Waals surface area contributed by atoms with Gasteiger partial charge in [0.25, 0.3) is 5.91 Å². The predicted molar refractivity (Wildman–Crippen MR) is 93.9 cm³/mol. The van der Waals surface area contributed by atoms with E-state index in [4.69, 9.17) is 0 Å². The van der Waals surface area contributed by atoms with Crippen LogP contribution < -0.4 is 0 Å². The van der Waals surface area contributed by atoms with Crippen LogP contribution in [-0.2, 0) is 12.8 Å². The number of nitrogens with zero attached hydrogens (tertiary/aromatic N) is 3. The minimum atomic E-state index is -0.902. The van der Waals surface area contributed by atoms with Gasteiger partial charge in [0.05, 0.1) is 6.20 Å². The maximum atomic E-state index is 13.8. The summed E-state index contributed by atoms with van der Waals surface area (Å²) in [5.74, 6) is -2.14. The van der Waals surface area contributed by atoms with Crippen LogP contribution in [0.5, 0.6) is 0 Å². The van der Waals surface area contributed by atoms with Gasteiger partial charge >= 0.3 is 0 Å². The molecule has 1 saturated heterocycles. The minimum absolute atomic E-state index is 0.300. The van der Waals surface area contributed by atoms with Crippen molar-refractivity contribution in [1.29, 1.82) is 0 Å². The first-order valence-electron chi connectivity index (χ1n) is 9.03. The van der Waals surface area contributed by atoms with Crippen molar-refractivity contribution >= 4 is 5.91 Å². The third-order valence-corrected chi connectivity index (χ3v) is 5.45. The number of hydrogen-bond acceptors (Lipinski definition) is 3. The lowest BCUT2D eigenvalue weighted by Crippen LogP contribution is -2.53. The fourth-order valence-corrected chi connectivity index (χ4v) is 4.00. The highest BCUT2D eigenvalue weighted by atomic mass is 19.1. The number of benzene rings is 1. The molecule has 0 radical (unpaired) electrons. The van der Waals surface area contributed by atoms with Crippen molar-refractivity contribution in [2.75, 3.05) is 26.2 Å². The third-order valence-electron chi connectivity index (χ3n) is 5.45. The van der Waals surface area contributed by atoms with E-state index in [1.807, 2.05) is 0 Å². The summed E-state index contributed by atoms with van der Waals surface area (Å²) in [4.78, 5) is 20.1. The van der Waals surface area contributed by atoms with Crippen molar-refractivity contribution in [3.05, 3.63) is 65.0 Å². The van der Waals surface area contributed by atoms with E-state index in [1.54, 1.807) is 4.90 Å². The summed E-state index contributed by atoms with van der Waals surface area (Å²) >= 11 is 0. The first-order valence-corrected chi connectivity index (χ1v) is 9.03. The average Bonchev–Trinajstić information content (AvgIpc) is 2.67. The Bertz CT molecular complexity index is 818. The summed E-state index contributed by atoms with van der Waals surface area (Å²) in [6.07, 6.45) is 4.13. The molecule has 1 amide bonds. The number of aryl methyl sites for hydroxylation is 1. The monoisotopic (exact) mass is 357 g/mol. The van der Waals surface area contributed by atoms with E-state index in [0.717, 1.165) is 38.5 Å². The van der Waals surface area contributed by atoms with Gasteiger partial charge in [0, 0.05) is 38.3 Å². The number of hydrogen-bond donors (Lipinski definition) is 0. The fourth-order valence-electron chi connectivity index (χ4n) is 4.00. The molecule has 2 aromatic rings. The number of pyridine rings is 1. The van der Waals surface area contributed by atoms with Gasteiger partial charge in [0.1, 0.15) is 5.82 Å². The molecule has 0 unspecified atom stereocenters. The zero-order valence-electron chi connectivity index (χ0n) is 14.5. The van der Waals surface area contributed by atoms with Gasteiger partial charge in [-0.3, -0.25) is 9.69 Å². The van der Waals surface area contributed by atoms with Crippen LogP contribution in [0.25, 0.3) is 0 Å². The molecule has 6 heteroatoms. The molecule has 2 aliphatic rings. The van der Waals surface area contributed by atoms with Crippen molar-refractivity contribution < 1.29 is 13.6 Å². The Hall–Kier alpha value is -2.34. The van der Waals surface area contributed by atoms with Crippen molar-refractivity contribution in [2.24, 2.45) is 0 Å². The molecule has 4 rings (SSSR count). The number of fused-ring (bicyclic) bond motifs is 1. The van der Waals surface area contributed by atoms with Gasteiger partial charge in [0.15, 0.2) is 11.5 Å². The lowest BCUT2D eigenvalue weighted by Gasteiger charge is -2.41. The minimum Gasteiger partial charge on any atom is -0.335 e. The Morgan fingerprint density at radius 3 is 2.54 bits per heavy atom. The number of halogens is 2. The van der Waals surface area contributed by atoms with Gasteiger partial charge < -0.3 is 4.90 Å². The Kier molecular flexibility index (Phi) is 4.68. The topological polar surface area (TPSA) is 36.4 Å². The first kappa shape index (κ1) is 17.1. The molecule has 1 fully saturated rings. The zero-order chi connectivity index (χ0) is 18.1. The van der Waals surface area contributed by atoms with Crippen LogP contribution in [0.4, 0.5) is 8.78 Å². The standard InChI is InChI=1S/C20H21F2N3O/c21-16-12-18(22)19(23-13-16)20(26)25-9-7-24(8-10-25)17-6-5-14-3-1-2-4-15(14)11-17/h1-4,12-13,17H,5-11H2/t17-/m0/s1. The summed E-state index contributed by atoms with van der Waals surface area (Å²) in [7, 11) is 0. The number of amides is 1. The predicted octanol–water partition coefficient (Wildman–Crippen LogP) is 2.68. The van der Waals surface area contributed by atoms with Gasteiger partial charge in [-0.2, -0.15) is 0 Å².